The van der Waals surface area contributed by atoms with Crippen LogP contribution >= 0.6 is 15.9 Å². The van der Waals surface area contributed by atoms with Crippen LogP contribution in [0.3, 0.4) is 0 Å². The molecule has 0 nitrogen and oxygen atoms in total. The highest BCUT2D eigenvalue weighted by Gasteiger charge is 2.10. The molecule has 2 aromatic carbocycles. The fourth-order valence-electron chi connectivity index (χ4n) is 1.54. The zero-order chi connectivity index (χ0) is 11.5. The van der Waals surface area contributed by atoms with Crippen LogP contribution in [0.5, 0.6) is 0 Å². The van der Waals surface area contributed by atoms with E-state index in [4.69, 9.17) is 0 Å². The Morgan fingerprint density at radius 3 is 2.25 bits per heavy atom. The highest BCUT2D eigenvalue weighted by atomic mass is 79.9. The minimum absolute atomic E-state index is 0.374. The molecule has 2 rings (SSSR count). The summed E-state index contributed by atoms with van der Waals surface area (Å²) >= 11 is 3.18. The number of halogens is 3. The van der Waals surface area contributed by atoms with Gasteiger partial charge in [-0.2, -0.15) is 0 Å². The summed E-state index contributed by atoms with van der Waals surface area (Å²) in [4.78, 5) is 0. The molecule has 0 N–H and O–H groups in total. The van der Waals surface area contributed by atoms with Crippen molar-refractivity contribution >= 4 is 15.9 Å². The summed E-state index contributed by atoms with van der Waals surface area (Å²) in [5, 5.41) is 0.374. The lowest BCUT2D eigenvalue weighted by molar-refractivity contribution is 0.579. The Hall–Kier alpha value is -1.22. The molecule has 2 aromatic rings. The standard InChI is InChI=1S/C13H9BrF2/c14-8-10-6-11(13(16)7-12(10)15)9-4-2-1-3-5-9/h1-7H,8H2. The van der Waals surface area contributed by atoms with Gasteiger partial charge < -0.3 is 0 Å². The molecule has 0 saturated carbocycles. The molecule has 0 radical (unpaired) electrons. The van der Waals surface area contributed by atoms with E-state index in [1.165, 1.54) is 6.07 Å². The Balaban J connectivity index is 2.57. The van der Waals surface area contributed by atoms with Crippen molar-refractivity contribution < 1.29 is 8.78 Å². The molecule has 0 aliphatic rings. The second-order valence-corrected chi connectivity index (χ2v) is 3.98. The topological polar surface area (TPSA) is 0 Å². The van der Waals surface area contributed by atoms with Gasteiger partial charge in [0.05, 0.1) is 0 Å². The molecule has 82 valence electrons. The van der Waals surface area contributed by atoms with E-state index in [0.717, 1.165) is 11.6 Å². The molecule has 0 fully saturated rings. The number of rotatable bonds is 2. The number of hydrogen-bond donors (Lipinski definition) is 0. The van der Waals surface area contributed by atoms with Crippen molar-refractivity contribution in [3.8, 4) is 11.1 Å². The van der Waals surface area contributed by atoms with Crippen LogP contribution < -0.4 is 0 Å². The van der Waals surface area contributed by atoms with Crippen LogP contribution in [0.15, 0.2) is 42.5 Å². The van der Waals surface area contributed by atoms with Gasteiger partial charge in [0.25, 0.3) is 0 Å². The third-order valence-electron chi connectivity index (χ3n) is 2.36. The first-order chi connectivity index (χ1) is 7.72. The molecule has 0 aliphatic heterocycles. The van der Waals surface area contributed by atoms with Gasteiger partial charge >= 0.3 is 0 Å². The van der Waals surface area contributed by atoms with Crippen molar-refractivity contribution in [3.05, 3.63) is 59.7 Å². The fraction of sp³-hybridized carbons (Fsp3) is 0.0769. The maximum atomic E-state index is 13.6. The molecule has 0 unspecified atom stereocenters. The summed E-state index contributed by atoms with van der Waals surface area (Å²) in [6.07, 6.45) is 0. The first kappa shape index (κ1) is 11.3. The molecule has 0 bridgehead atoms. The Morgan fingerprint density at radius 2 is 1.62 bits per heavy atom. The first-order valence-electron chi connectivity index (χ1n) is 4.81. The van der Waals surface area contributed by atoms with Crippen LogP contribution in [0, 0.1) is 11.6 Å². The minimum atomic E-state index is -0.534. The Kier molecular flexibility index (Phi) is 3.34. The van der Waals surface area contributed by atoms with E-state index >= 15 is 0 Å². The van der Waals surface area contributed by atoms with Crippen molar-refractivity contribution in [1.82, 2.24) is 0 Å². The second-order valence-electron chi connectivity index (χ2n) is 3.42. The van der Waals surface area contributed by atoms with E-state index in [1.807, 2.05) is 18.2 Å². The summed E-state index contributed by atoms with van der Waals surface area (Å²) in [6, 6.07) is 11.6. The van der Waals surface area contributed by atoms with Gasteiger partial charge in [0.1, 0.15) is 11.6 Å². The molecule has 0 heterocycles. The van der Waals surface area contributed by atoms with Crippen LogP contribution in [0.1, 0.15) is 5.56 Å². The van der Waals surface area contributed by atoms with Gasteiger partial charge in [0.2, 0.25) is 0 Å². The second kappa shape index (κ2) is 4.74. The minimum Gasteiger partial charge on any atom is -0.207 e. The molecule has 0 atom stereocenters. The maximum absolute atomic E-state index is 13.6. The molecule has 0 aliphatic carbocycles. The van der Waals surface area contributed by atoms with Gasteiger partial charge in [-0.05, 0) is 17.2 Å². The third kappa shape index (κ3) is 2.14. The lowest BCUT2D eigenvalue weighted by Gasteiger charge is -2.06. The summed E-state index contributed by atoms with van der Waals surface area (Å²) in [5.41, 5.74) is 1.64. The summed E-state index contributed by atoms with van der Waals surface area (Å²) < 4.78 is 26.9. The SMILES string of the molecule is Fc1cc(F)c(-c2ccccc2)cc1CBr. The highest BCUT2D eigenvalue weighted by molar-refractivity contribution is 9.08. The summed E-state index contributed by atoms with van der Waals surface area (Å²) in [6.45, 7) is 0. The van der Waals surface area contributed by atoms with Crippen LogP contribution in [-0.4, -0.2) is 0 Å². The lowest BCUT2D eigenvalue weighted by atomic mass is 10.0. The normalized spacial score (nSPS) is 10.4. The van der Waals surface area contributed by atoms with E-state index in [2.05, 4.69) is 15.9 Å². The predicted octanol–water partition coefficient (Wildman–Crippen LogP) is 4.53. The first-order valence-corrected chi connectivity index (χ1v) is 5.94. The van der Waals surface area contributed by atoms with Gasteiger partial charge in [0.15, 0.2) is 0 Å². The van der Waals surface area contributed by atoms with E-state index < -0.39 is 11.6 Å². The number of benzene rings is 2. The fourth-order valence-corrected chi connectivity index (χ4v) is 1.96. The summed E-state index contributed by atoms with van der Waals surface area (Å²) in [5.74, 6) is -1.05. The average Bonchev–Trinajstić information content (AvgIpc) is 2.30. The van der Waals surface area contributed by atoms with E-state index in [-0.39, 0.29) is 0 Å². The predicted molar refractivity (Wildman–Crippen MR) is 64.4 cm³/mol. The molecule has 16 heavy (non-hydrogen) atoms. The quantitative estimate of drug-likeness (QED) is 0.710. The van der Waals surface area contributed by atoms with Crippen molar-refractivity contribution in [2.75, 3.05) is 0 Å². The van der Waals surface area contributed by atoms with Gasteiger partial charge in [-0.3, -0.25) is 0 Å². The van der Waals surface area contributed by atoms with Crippen molar-refractivity contribution in [3.63, 3.8) is 0 Å². The lowest BCUT2D eigenvalue weighted by Crippen LogP contribution is -1.92. The maximum Gasteiger partial charge on any atom is 0.133 e. The smallest absolute Gasteiger partial charge is 0.133 e. The Bertz CT molecular complexity index is 495. The average molecular weight is 283 g/mol. The number of alkyl halides is 1. The van der Waals surface area contributed by atoms with E-state index in [9.17, 15) is 8.78 Å². The molecule has 0 amide bonds. The molecular weight excluding hydrogens is 274 g/mol. The Morgan fingerprint density at radius 1 is 0.938 bits per heavy atom. The Labute approximate surface area is 101 Å². The van der Waals surface area contributed by atoms with E-state index in [1.54, 1.807) is 12.1 Å². The van der Waals surface area contributed by atoms with Crippen LogP contribution in [-0.2, 0) is 5.33 Å². The van der Waals surface area contributed by atoms with Gasteiger partial charge in [-0.1, -0.05) is 46.3 Å². The highest BCUT2D eigenvalue weighted by Crippen LogP contribution is 2.26. The van der Waals surface area contributed by atoms with Crippen molar-refractivity contribution in [1.29, 1.82) is 0 Å². The number of hydrogen-bond acceptors (Lipinski definition) is 0. The van der Waals surface area contributed by atoms with Crippen molar-refractivity contribution in [2.45, 2.75) is 5.33 Å². The molecule has 0 saturated heterocycles. The largest absolute Gasteiger partial charge is 0.207 e. The van der Waals surface area contributed by atoms with Gasteiger partial charge in [0, 0.05) is 17.0 Å². The van der Waals surface area contributed by atoms with Crippen LogP contribution in [0.25, 0.3) is 11.1 Å². The van der Waals surface area contributed by atoms with E-state index in [0.29, 0.717) is 16.5 Å². The zero-order valence-electron chi connectivity index (χ0n) is 8.38. The third-order valence-corrected chi connectivity index (χ3v) is 2.97. The zero-order valence-corrected chi connectivity index (χ0v) is 9.97. The van der Waals surface area contributed by atoms with Crippen LogP contribution in [0.2, 0.25) is 0 Å². The molecule has 0 aromatic heterocycles. The molecule has 3 heteroatoms. The van der Waals surface area contributed by atoms with Crippen molar-refractivity contribution in [2.24, 2.45) is 0 Å². The monoisotopic (exact) mass is 282 g/mol. The van der Waals surface area contributed by atoms with Crippen LogP contribution in [0.4, 0.5) is 8.78 Å². The van der Waals surface area contributed by atoms with Gasteiger partial charge in [-0.15, -0.1) is 0 Å². The summed E-state index contributed by atoms with van der Waals surface area (Å²) in [7, 11) is 0. The molecule has 0 spiro atoms. The molecular formula is C13H9BrF2. The van der Waals surface area contributed by atoms with Gasteiger partial charge in [-0.25, -0.2) is 8.78 Å².